The van der Waals surface area contributed by atoms with E-state index in [1.165, 1.54) is 6.08 Å². The van der Waals surface area contributed by atoms with Crippen LogP contribution in [0.5, 0.6) is 0 Å². The van der Waals surface area contributed by atoms with Gasteiger partial charge in [-0.15, -0.1) is 0 Å². The standard InChI is InChI=1S/C7H10O/c1-3-7(2)5-4-6-8/h3-6H,1-2H3/b5-4-,7-3-. The molecule has 0 radical (unpaired) electrons. The third kappa shape index (κ3) is 3.34. The molecule has 0 aromatic rings. The molecule has 0 spiro atoms. The zero-order chi connectivity index (χ0) is 6.41. The van der Waals surface area contributed by atoms with Gasteiger partial charge in [0, 0.05) is 0 Å². The molecule has 8 heavy (non-hydrogen) atoms. The van der Waals surface area contributed by atoms with Gasteiger partial charge in [-0.1, -0.05) is 17.7 Å². The van der Waals surface area contributed by atoms with Crippen molar-refractivity contribution in [2.24, 2.45) is 0 Å². The third-order valence-electron chi connectivity index (χ3n) is 0.893. The summed E-state index contributed by atoms with van der Waals surface area (Å²) >= 11 is 0. The highest BCUT2D eigenvalue weighted by Crippen LogP contribution is 1.90. The van der Waals surface area contributed by atoms with Crippen molar-refractivity contribution in [2.75, 3.05) is 0 Å². The van der Waals surface area contributed by atoms with Crippen LogP contribution in [0.1, 0.15) is 13.8 Å². The first-order chi connectivity index (χ1) is 3.81. The Morgan fingerprint density at radius 2 is 2.12 bits per heavy atom. The van der Waals surface area contributed by atoms with Crippen LogP contribution >= 0.6 is 0 Å². The van der Waals surface area contributed by atoms with E-state index in [0.717, 1.165) is 11.9 Å². The molecule has 0 aliphatic rings. The highest BCUT2D eigenvalue weighted by atomic mass is 16.1. The van der Waals surface area contributed by atoms with E-state index < -0.39 is 0 Å². The van der Waals surface area contributed by atoms with E-state index in [2.05, 4.69) is 0 Å². The van der Waals surface area contributed by atoms with E-state index in [4.69, 9.17) is 0 Å². The van der Waals surface area contributed by atoms with Crippen molar-refractivity contribution >= 4 is 6.29 Å². The molecular formula is C7H10O. The average Bonchev–Trinajstić information content (AvgIpc) is 1.83. The fourth-order valence-corrected chi connectivity index (χ4v) is 0.287. The Morgan fingerprint density at radius 1 is 1.50 bits per heavy atom. The molecule has 1 heteroatoms. The third-order valence-corrected chi connectivity index (χ3v) is 0.893. The predicted molar refractivity (Wildman–Crippen MR) is 34.6 cm³/mol. The summed E-state index contributed by atoms with van der Waals surface area (Å²) < 4.78 is 0. The number of carbonyl (C=O) groups excluding carboxylic acids is 1. The Balaban J connectivity index is 3.69. The van der Waals surface area contributed by atoms with Crippen LogP contribution in [0.15, 0.2) is 23.8 Å². The van der Waals surface area contributed by atoms with Crippen LogP contribution in [0.4, 0.5) is 0 Å². The number of aldehydes is 1. The second kappa shape index (κ2) is 4.31. The van der Waals surface area contributed by atoms with Gasteiger partial charge in [-0.2, -0.15) is 0 Å². The largest absolute Gasteiger partial charge is 0.299 e. The summed E-state index contributed by atoms with van der Waals surface area (Å²) in [6, 6.07) is 0. The first-order valence-corrected chi connectivity index (χ1v) is 2.56. The molecule has 0 heterocycles. The van der Waals surface area contributed by atoms with Crippen LogP contribution in [0.2, 0.25) is 0 Å². The van der Waals surface area contributed by atoms with E-state index >= 15 is 0 Å². The van der Waals surface area contributed by atoms with Crippen molar-refractivity contribution in [1.82, 2.24) is 0 Å². The molecule has 0 amide bonds. The molecule has 1 nitrogen and oxygen atoms in total. The molecule has 0 unspecified atom stereocenters. The summed E-state index contributed by atoms with van der Waals surface area (Å²) in [5, 5.41) is 0. The van der Waals surface area contributed by atoms with Crippen LogP contribution in [0, 0.1) is 0 Å². The van der Waals surface area contributed by atoms with E-state index in [9.17, 15) is 4.79 Å². The number of hydrogen-bond donors (Lipinski definition) is 0. The lowest BCUT2D eigenvalue weighted by atomic mass is 10.3. The number of rotatable bonds is 2. The van der Waals surface area contributed by atoms with Gasteiger partial charge < -0.3 is 0 Å². The molecule has 0 aliphatic carbocycles. The number of hydrogen-bond acceptors (Lipinski definition) is 1. The lowest BCUT2D eigenvalue weighted by Gasteiger charge is -1.81. The van der Waals surface area contributed by atoms with Crippen LogP contribution in [-0.4, -0.2) is 6.29 Å². The minimum atomic E-state index is 0.771. The highest BCUT2D eigenvalue weighted by Gasteiger charge is 1.72. The fraction of sp³-hybridized carbons (Fsp3) is 0.286. The number of carbonyl (C=O) groups is 1. The van der Waals surface area contributed by atoms with Crippen LogP contribution < -0.4 is 0 Å². The smallest absolute Gasteiger partial charge is 0.142 e. The van der Waals surface area contributed by atoms with Crippen molar-refractivity contribution in [3.05, 3.63) is 23.8 Å². The Labute approximate surface area is 49.7 Å². The van der Waals surface area contributed by atoms with Gasteiger partial charge in [0.15, 0.2) is 0 Å². The van der Waals surface area contributed by atoms with Crippen molar-refractivity contribution in [3.63, 3.8) is 0 Å². The fourth-order valence-electron chi connectivity index (χ4n) is 0.287. The summed E-state index contributed by atoms with van der Waals surface area (Å²) in [5.41, 5.74) is 1.11. The SMILES string of the molecule is C/C=C(C)\C=C/C=O. The summed E-state index contributed by atoms with van der Waals surface area (Å²) in [6.07, 6.45) is 5.97. The molecule has 0 rings (SSSR count). The first kappa shape index (κ1) is 7.15. The van der Waals surface area contributed by atoms with Gasteiger partial charge in [0.25, 0.3) is 0 Å². The Bertz CT molecular complexity index is 120. The van der Waals surface area contributed by atoms with E-state index in [0.29, 0.717) is 0 Å². The van der Waals surface area contributed by atoms with Crippen molar-refractivity contribution < 1.29 is 4.79 Å². The van der Waals surface area contributed by atoms with Crippen molar-refractivity contribution in [3.8, 4) is 0 Å². The molecule has 0 aromatic carbocycles. The maximum absolute atomic E-state index is 9.71. The van der Waals surface area contributed by atoms with E-state index in [1.54, 1.807) is 6.08 Å². The van der Waals surface area contributed by atoms with E-state index in [1.807, 2.05) is 19.9 Å². The molecule has 0 aliphatic heterocycles. The summed E-state index contributed by atoms with van der Waals surface area (Å²) in [4.78, 5) is 9.71. The van der Waals surface area contributed by atoms with Gasteiger partial charge in [-0.25, -0.2) is 0 Å². The average molecular weight is 110 g/mol. The van der Waals surface area contributed by atoms with Crippen molar-refractivity contribution in [2.45, 2.75) is 13.8 Å². The summed E-state index contributed by atoms with van der Waals surface area (Å²) in [5.74, 6) is 0. The van der Waals surface area contributed by atoms with Crippen molar-refractivity contribution in [1.29, 1.82) is 0 Å². The normalized spacial score (nSPS) is 12.5. The maximum atomic E-state index is 9.71. The minimum absolute atomic E-state index is 0.771. The highest BCUT2D eigenvalue weighted by molar-refractivity contribution is 5.65. The molecule has 0 N–H and O–H groups in total. The van der Waals surface area contributed by atoms with Gasteiger partial charge in [0.2, 0.25) is 0 Å². The predicted octanol–water partition coefficient (Wildman–Crippen LogP) is 1.71. The van der Waals surface area contributed by atoms with Gasteiger partial charge >= 0.3 is 0 Å². The Kier molecular flexibility index (Phi) is 3.85. The first-order valence-electron chi connectivity index (χ1n) is 2.56. The second-order valence-corrected chi connectivity index (χ2v) is 1.53. The molecule has 0 bridgehead atoms. The molecule has 0 fully saturated rings. The Morgan fingerprint density at radius 3 is 2.50 bits per heavy atom. The second-order valence-electron chi connectivity index (χ2n) is 1.53. The number of allylic oxidation sites excluding steroid dienone is 4. The van der Waals surface area contributed by atoms with Crippen LogP contribution in [-0.2, 0) is 4.79 Å². The minimum Gasteiger partial charge on any atom is -0.299 e. The van der Waals surface area contributed by atoms with E-state index in [-0.39, 0.29) is 0 Å². The molecule has 0 aromatic heterocycles. The van der Waals surface area contributed by atoms with Gasteiger partial charge in [-0.3, -0.25) is 4.79 Å². The lowest BCUT2D eigenvalue weighted by Crippen LogP contribution is -1.64. The molecule has 0 saturated carbocycles. The molecule has 0 atom stereocenters. The topological polar surface area (TPSA) is 17.1 Å². The van der Waals surface area contributed by atoms with Crippen LogP contribution in [0.25, 0.3) is 0 Å². The summed E-state index contributed by atoms with van der Waals surface area (Å²) in [6.45, 7) is 3.88. The maximum Gasteiger partial charge on any atom is 0.142 e. The zero-order valence-corrected chi connectivity index (χ0v) is 5.22. The van der Waals surface area contributed by atoms with Gasteiger partial charge in [0.05, 0.1) is 0 Å². The molecular weight excluding hydrogens is 100 g/mol. The lowest BCUT2D eigenvalue weighted by molar-refractivity contribution is -0.104. The molecule has 0 saturated heterocycles. The van der Waals surface area contributed by atoms with Gasteiger partial charge in [-0.05, 0) is 19.9 Å². The Hall–Kier alpha value is -0.850. The zero-order valence-electron chi connectivity index (χ0n) is 5.22. The summed E-state index contributed by atoms with van der Waals surface area (Å²) in [7, 11) is 0. The quantitative estimate of drug-likeness (QED) is 0.300. The monoisotopic (exact) mass is 110 g/mol. The van der Waals surface area contributed by atoms with Crippen LogP contribution in [0.3, 0.4) is 0 Å². The van der Waals surface area contributed by atoms with Gasteiger partial charge in [0.1, 0.15) is 6.29 Å². The molecule has 44 valence electrons.